The summed E-state index contributed by atoms with van der Waals surface area (Å²) in [6, 6.07) is 0. The molecule has 0 fully saturated rings. The number of hydrogen-bond acceptors (Lipinski definition) is 3. The molecule has 0 aliphatic carbocycles. The fraction of sp³-hybridized carbons (Fsp3) is 0.909. The Kier molecular flexibility index (Phi) is 6.60. The molecule has 3 nitrogen and oxygen atoms in total. The van der Waals surface area contributed by atoms with Crippen molar-refractivity contribution in [2.24, 2.45) is 0 Å². The van der Waals surface area contributed by atoms with Gasteiger partial charge in [-0.2, -0.15) is 48.3 Å². The second kappa shape index (κ2) is 7.02. The van der Waals surface area contributed by atoms with Gasteiger partial charge in [-0.1, -0.05) is 6.92 Å². The van der Waals surface area contributed by atoms with Crippen molar-refractivity contribution in [2.75, 3.05) is 6.61 Å². The summed E-state index contributed by atoms with van der Waals surface area (Å²) in [6.45, 7) is -0.286. The highest BCUT2D eigenvalue weighted by molar-refractivity contribution is 5.60. The van der Waals surface area contributed by atoms with Gasteiger partial charge in [0, 0.05) is 0 Å². The topological polar surface area (TPSA) is 35.5 Å². The van der Waals surface area contributed by atoms with E-state index in [0.29, 0.717) is 0 Å². The van der Waals surface area contributed by atoms with E-state index in [2.05, 4.69) is 9.47 Å². The lowest BCUT2D eigenvalue weighted by Gasteiger charge is -2.36. The fourth-order valence-electron chi connectivity index (χ4n) is 1.13. The van der Waals surface area contributed by atoms with E-state index >= 15 is 0 Å². The number of hydrogen-bond donors (Lipinski definition) is 0. The number of carbonyl (C=O) groups excluding carboxylic acids is 1. The summed E-state index contributed by atoms with van der Waals surface area (Å²) < 4.78 is 146. The zero-order chi connectivity index (χ0) is 20.5. The molecule has 0 saturated heterocycles. The third-order valence-corrected chi connectivity index (χ3v) is 2.85. The van der Waals surface area contributed by atoms with Crippen LogP contribution >= 0.6 is 0 Å². The van der Waals surface area contributed by atoms with Gasteiger partial charge >= 0.3 is 36.0 Å². The SMILES string of the molecule is CC[C@@H](C)OC(=O)OCC(F)(F)C(F)(F)C(F)(F)C(F)(F)C(F)(F)F. The zero-order valence-electron chi connectivity index (χ0n) is 12.4. The Morgan fingerprint density at radius 2 is 1.28 bits per heavy atom. The average Bonchev–Trinajstić information content (AvgIpc) is 2.43. The van der Waals surface area contributed by atoms with E-state index in [1.54, 1.807) is 0 Å². The van der Waals surface area contributed by atoms with E-state index in [9.17, 15) is 53.1 Å². The molecule has 0 aliphatic rings. The molecule has 0 aromatic heterocycles. The smallest absolute Gasteiger partial charge is 0.431 e. The Bertz CT molecular complexity index is 472. The number of carbonyl (C=O) groups is 1. The van der Waals surface area contributed by atoms with Gasteiger partial charge in [-0.05, 0) is 13.3 Å². The van der Waals surface area contributed by atoms with Crippen molar-refractivity contribution in [3.05, 3.63) is 0 Å². The molecule has 0 heterocycles. The third kappa shape index (κ3) is 4.37. The molecule has 0 bridgehead atoms. The van der Waals surface area contributed by atoms with Gasteiger partial charge in [0.25, 0.3) is 0 Å². The second-order valence-corrected chi connectivity index (χ2v) is 4.80. The van der Waals surface area contributed by atoms with Crippen molar-refractivity contribution in [1.29, 1.82) is 0 Å². The van der Waals surface area contributed by atoms with E-state index in [0.717, 1.165) is 0 Å². The Labute approximate surface area is 133 Å². The molecule has 0 saturated carbocycles. The molecule has 14 heteroatoms. The van der Waals surface area contributed by atoms with Crippen molar-refractivity contribution in [3.63, 3.8) is 0 Å². The molecule has 25 heavy (non-hydrogen) atoms. The van der Waals surface area contributed by atoms with Gasteiger partial charge in [-0.3, -0.25) is 0 Å². The summed E-state index contributed by atoms with van der Waals surface area (Å²) in [7, 11) is 0. The Morgan fingerprint density at radius 1 is 0.840 bits per heavy atom. The standard InChI is InChI=1S/C11H11F11O3/c1-3-5(2)25-6(23)24-4-7(12,13)8(14,15)9(16,17)10(18,19)11(20,21)22/h5H,3-4H2,1-2H3/t5-/m1/s1. The van der Waals surface area contributed by atoms with Crippen LogP contribution in [0.2, 0.25) is 0 Å². The van der Waals surface area contributed by atoms with Gasteiger partial charge in [-0.25, -0.2) is 4.79 Å². The van der Waals surface area contributed by atoms with Gasteiger partial charge < -0.3 is 9.47 Å². The van der Waals surface area contributed by atoms with Crippen molar-refractivity contribution in [3.8, 4) is 0 Å². The first-order valence-corrected chi connectivity index (χ1v) is 6.26. The molecular weight excluding hydrogens is 389 g/mol. The molecule has 0 aromatic rings. The molecule has 150 valence electrons. The first-order valence-electron chi connectivity index (χ1n) is 6.26. The maximum atomic E-state index is 13.1. The van der Waals surface area contributed by atoms with Crippen molar-refractivity contribution >= 4 is 6.16 Å². The van der Waals surface area contributed by atoms with Crippen LogP contribution in [0.5, 0.6) is 0 Å². The van der Waals surface area contributed by atoms with E-state index < -0.39 is 48.7 Å². The highest BCUT2D eigenvalue weighted by atomic mass is 19.4. The molecule has 0 radical (unpaired) electrons. The van der Waals surface area contributed by atoms with Crippen LogP contribution in [0, 0.1) is 0 Å². The van der Waals surface area contributed by atoms with Crippen molar-refractivity contribution < 1.29 is 62.6 Å². The van der Waals surface area contributed by atoms with Crippen LogP contribution < -0.4 is 0 Å². The predicted octanol–water partition coefficient (Wildman–Crippen LogP) is 5.04. The average molecular weight is 400 g/mol. The van der Waals surface area contributed by atoms with Crippen LogP contribution in [0.4, 0.5) is 53.1 Å². The first kappa shape index (κ1) is 23.5. The monoisotopic (exact) mass is 400 g/mol. The molecule has 0 spiro atoms. The predicted molar refractivity (Wildman–Crippen MR) is 58.0 cm³/mol. The Morgan fingerprint density at radius 3 is 1.64 bits per heavy atom. The molecular formula is C11H11F11O3. The highest BCUT2D eigenvalue weighted by Gasteiger charge is 2.87. The number of alkyl halides is 11. The van der Waals surface area contributed by atoms with E-state index in [1.165, 1.54) is 13.8 Å². The summed E-state index contributed by atoms with van der Waals surface area (Å²) in [5, 5.41) is 0. The minimum absolute atomic E-state index is 0.109. The van der Waals surface area contributed by atoms with Crippen molar-refractivity contribution in [1.82, 2.24) is 0 Å². The highest BCUT2D eigenvalue weighted by Crippen LogP contribution is 2.57. The van der Waals surface area contributed by atoms with Crippen LogP contribution in [-0.4, -0.2) is 48.7 Å². The molecule has 0 unspecified atom stereocenters. The molecule has 0 rings (SSSR count). The number of ether oxygens (including phenoxy) is 2. The molecule has 1 atom stereocenters. The largest absolute Gasteiger partial charge is 0.508 e. The van der Waals surface area contributed by atoms with E-state index in [-0.39, 0.29) is 6.42 Å². The Hall–Kier alpha value is -1.50. The third-order valence-electron chi connectivity index (χ3n) is 2.85. The van der Waals surface area contributed by atoms with Crippen LogP contribution in [0.3, 0.4) is 0 Å². The normalized spacial score (nSPS) is 15.7. The van der Waals surface area contributed by atoms with Gasteiger partial charge in [0.15, 0.2) is 6.61 Å². The van der Waals surface area contributed by atoms with Crippen LogP contribution in [0.1, 0.15) is 20.3 Å². The molecule has 0 aliphatic heterocycles. The fourth-order valence-corrected chi connectivity index (χ4v) is 1.13. The zero-order valence-corrected chi connectivity index (χ0v) is 12.4. The summed E-state index contributed by atoms with van der Waals surface area (Å²) in [6.07, 6.45) is -10.1. The maximum Gasteiger partial charge on any atom is 0.508 e. The summed E-state index contributed by atoms with van der Waals surface area (Å²) in [5.41, 5.74) is 0. The maximum absolute atomic E-state index is 13.1. The minimum atomic E-state index is -7.54. The van der Waals surface area contributed by atoms with Crippen molar-refractivity contribution in [2.45, 2.75) is 56.2 Å². The van der Waals surface area contributed by atoms with E-state index in [1.807, 2.05) is 0 Å². The van der Waals surface area contributed by atoms with Crippen LogP contribution in [-0.2, 0) is 9.47 Å². The molecule has 0 aromatic carbocycles. The summed E-state index contributed by atoms with van der Waals surface area (Å²) >= 11 is 0. The molecule has 0 N–H and O–H groups in total. The van der Waals surface area contributed by atoms with Gasteiger partial charge in [-0.15, -0.1) is 0 Å². The lowest BCUT2D eigenvalue weighted by Crippen LogP contribution is -2.67. The van der Waals surface area contributed by atoms with Gasteiger partial charge in [0.2, 0.25) is 0 Å². The lowest BCUT2D eigenvalue weighted by atomic mass is 9.98. The summed E-state index contributed by atoms with van der Waals surface area (Å²) in [5.74, 6) is -28.5. The van der Waals surface area contributed by atoms with E-state index in [4.69, 9.17) is 0 Å². The van der Waals surface area contributed by atoms with Crippen LogP contribution in [0.15, 0.2) is 0 Å². The van der Waals surface area contributed by atoms with Gasteiger partial charge in [0.05, 0.1) is 0 Å². The lowest BCUT2D eigenvalue weighted by molar-refractivity contribution is -0.423. The second-order valence-electron chi connectivity index (χ2n) is 4.80. The quantitative estimate of drug-likeness (QED) is 0.444. The Balaban J connectivity index is 5.43. The summed E-state index contributed by atoms with van der Waals surface area (Å²) in [4.78, 5) is 10.9. The molecule has 0 amide bonds. The number of halogens is 11. The first-order chi connectivity index (χ1) is 10.8. The minimum Gasteiger partial charge on any atom is -0.431 e. The van der Waals surface area contributed by atoms with Gasteiger partial charge in [0.1, 0.15) is 6.10 Å². The number of rotatable bonds is 7. The van der Waals surface area contributed by atoms with Crippen LogP contribution in [0.25, 0.3) is 0 Å².